The van der Waals surface area contributed by atoms with Crippen molar-refractivity contribution in [2.45, 2.75) is 82.4 Å². The lowest BCUT2D eigenvalue weighted by Crippen LogP contribution is -2.67. The van der Waals surface area contributed by atoms with Crippen LogP contribution in [0.25, 0.3) is 0 Å². The van der Waals surface area contributed by atoms with E-state index in [1.54, 1.807) is 0 Å². The van der Waals surface area contributed by atoms with Crippen molar-refractivity contribution in [3.05, 3.63) is 53.6 Å². The van der Waals surface area contributed by atoms with Crippen LogP contribution < -0.4 is 9.64 Å². The Morgan fingerprint density at radius 3 is 2.16 bits per heavy atom. The fourth-order valence-corrected chi connectivity index (χ4v) is 10.1. The van der Waals surface area contributed by atoms with Crippen molar-refractivity contribution in [2.75, 3.05) is 77.2 Å². The van der Waals surface area contributed by atoms with E-state index in [2.05, 4.69) is 54.0 Å². The number of fused-ring (bicyclic) bond motifs is 4. The van der Waals surface area contributed by atoms with E-state index >= 15 is 0 Å². The highest BCUT2D eigenvalue weighted by Gasteiger charge is 2.43. The number of quaternary nitrogens is 1. The third-order valence-electron chi connectivity index (χ3n) is 10.7. The highest BCUT2D eigenvalue weighted by atomic mass is 32.2. The van der Waals surface area contributed by atoms with Gasteiger partial charge < -0.3 is 14.1 Å². The summed E-state index contributed by atoms with van der Waals surface area (Å²) in [4.78, 5) is 5.21. The first-order valence-corrected chi connectivity index (χ1v) is 18.7. The standard InChI is InChI=1S/C36H56N3O3S/c1-5-7-17-36(18-8-6-2)28-34(33-27-31(37(3)4)13-16-35(33)43(40,41)29-36)30-11-14-32(15-12-30)42-26-10-9-22-39-23-19-38(20-24-39)21-25-39/h11-16,27,34H,5-10,17-26,28-29H2,1-4H3/q+1. The molecule has 2 aromatic rings. The summed E-state index contributed by atoms with van der Waals surface area (Å²) in [6, 6.07) is 14.6. The van der Waals surface area contributed by atoms with Crippen LogP contribution in [0.1, 0.15) is 88.7 Å². The van der Waals surface area contributed by atoms with Gasteiger partial charge in [-0.2, -0.15) is 0 Å². The fourth-order valence-electron chi connectivity index (χ4n) is 7.93. The molecular weight excluding hydrogens is 554 g/mol. The van der Waals surface area contributed by atoms with E-state index in [0.717, 1.165) is 75.0 Å². The van der Waals surface area contributed by atoms with Crippen molar-refractivity contribution in [1.29, 1.82) is 0 Å². The number of hydrogen-bond acceptors (Lipinski definition) is 5. The summed E-state index contributed by atoms with van der Waals surface area (Å²) >= 11 is 0. The molecule has 1 unspecified atom stereocenters. The van der Waals surface area contributed by atoms with Crippen LogP contribution in [-0.4, -0.2) is 90.1 Å². The molecule has 0 saturated carbocycles. The summed E-state index contributed by atoms with van der Waals surface area (Å²) in [6.07, 6.45) is 9.41. The van der Waals surface area contributed by atoms with Crippen LogP contribution in [0.15, 0.2) is 47.4 Å². The minimum atomic E-state index is -3.42. The summed E-state index contributed by atoms with van der Waals surface area (Å²) in [5.74, 6) is 1.20. The molecule has 4 aliphatic heterocycles. The normalized spacial score (nSPS) is 25.6. The van der Waals surface area contributed by atoms with Crippen LogP contribution in [0, 0.1) is 5.41 Å². The average Bonchev–Trinajstić information content (AvgIpc) is 3.11. The smallest absolute Gasteiger partial charge is 0.179 e. The molecule has 4 aliphatic rings. The van der Waals surface area contributed by atoms with Crippen molar-refractivity contribution in [3.63, 3.8) is 0 Å². The largest absolute Gasteiger partial charge is 0.494 e. The molecule has 3 fully saturated rings. The molecular formula is C36H56N3O3S+. The highest BCUT2D eigenvalue weighted by Crippen LogP contribution is 2.50. The van der Waals surface area contributed by atoms with Gasteiger partial charge in [0.15, 0.2) is 9.84 Å². The molecule has 0 spiro atoms. The van der Waals surface area contributed by atoms with Crippen LogP contribution in [0.4, 0.5) is 5.69 Å². The zero-order valence-electron chi connectivity index (χ0n) is 27.3. The molecule has 6 rings (SSSR count). The van der Waals surface area contributed by atoms with E-state index in [1.165, 1.54) is 62.3 Å². The maximum absolute atomic E-state index is 14.0. The topological polar surface area (TPSA) is 49.9 Å². The molecule has 2 aromatic carbocycles. The van der Waals surface area contributed by atoms with Crippen LogP contribution in [0.5, 0.6) is 5.75 Å². The third kappa shape index (κ3) is 7.59. The van der Waals surface area contributed by atoms with Crippen molar-refractivity contribution in [1.82, 2.24) is 4.90 Å². The lowest BCUT2D eigenvalue weighted by atomic mass is 9.70. The number of hydrogen-bond donors (Lipinski definition) is 0. The van der Waals surface area contributed by atoms with Gasteiger partial charge in [0.2, 0.25) is 0 Å². The van der Waals surface area contributed by atoms with Gasteiger partial charge in [0.05, 0.1) is 43.4 Å². The first kappa shape index (κ1) is 32.3. The average molecular weight is 611 g/mol. The Morgan fingerprint density at radius 2 is 1.56 bits per heavy atom. The van der Waals surface area contributed by atoms with Gasteiger partial charge in [0, 0.05) is 45.3 Å². The van der Waals surface area contributed by atoms with Crippen LogP contribution in [-0.2, 0) is 9.84 Å². The number of anilines is 1. The van der Waals surface area contributed by atoms with E-state index in [-0.39, 0.29) is 17.1 Å². The number of benzene rings is 2. The van der Waals surface area contributed by atoms with Crippen molar-refractivity contribution < 1.29 is 17.6 Å². The van der Waals surface area contributed by atoms with Gasteiger partial charge in [-0.15, -0.1) is 0 Å². The second-order valence-corrected chi connectivity index (χ2v) is 16.0. The minimum Gasteiger partial charge on any atom is -0.494 e. The van der Waals surface area contributed by atoms with Crippen molar-refractivity contribution in [2.24, 2.45) is 5.41 Å². The van der Waals surface area contributed by atoms with Gasteiger partial charge in [0.25, 0.3) is 0 Å². The van der Waals surface area contributed by atoms with Gasteiger partial charge in [-0.05, 0) is 79.0 Å². The van der Waals surface area contributed by atoms with E-state index < -0.39 is 9.84 Å². The number of unbranched alkanes of at least 4 members (excludes halogenated alkanes) is 3. The summed E-state index contributed by atoms with van der Waals surface area (Å²) in [6.45, 7) is 14.2. The van der Waals surface area contributed by atoms with Crippen LogP contribution >= 0.6 is 0 Å². The molecule has 6 nitrogen and oxygen atoms in total. The molecule has 7 heteroatoms. The Bertz CT molecular complexity index is 1280. The molecule has 0 aromatic heterocycles. The summed E-state index contributed by atoms with van der Waals surface area (Å²) < 4.78 is 35.6. The quantitative estimate of drug-likeness (QED) is 0.175. The van der Waals surface area contributed by atoms with E-state index in [9.17, 15) is 8.42 Å². The first-order chi connectivity index (χ1) is 20.7. The molecule has 0 N–H and O–H groups in total. The van der Waals surface area contributed by atoms with Crippen LogP contribution in [0.3, 0.4) is 0 Å². The predicted octanol–water partition coefficient (Wildman–Crippen LogP) is 6.73. The second kappa shape index (κ2) is 13.9. The summed E-state index contributed by atoms with van der Waals surface area (Å²) in [5, 5.41) is 0. The van der Waals surface area contributed by atoms with Gasteiger partial charge in [0.1, 0.15) is 5.75 Å². The number of sulfone groups is 1. The first-order valence-electron chi connectivity index (χ1n) is 17.0. The SMILES string of the molecule is CCCCC1(CCCC)CC(c2ccc(OCCCC[N+]34CCN(CC3)CC4)cc2)c2cc(N(C)C)ccc2S(=O)(=O)C1. The molecule has 0 radical (unpaired) electrons. The van der Waals surface area contributed by atoms with Gasteiger partial charge >= 0.3 is 0 Å². The summed E-state index contributed by atoms with van der Waals surface area (Å²) in [7, 11) is 0.635. The van der Waals surface area contributed by atoms with Gasteiger partial charge in [-0.1, -0.05) is 51.7 Å². The van der Waals surface area contributed by atoms with Gasteiger partial charge in [-0.3, -0.25) is 4.90 Å². The third-order valence-corrected chi connectivity index (χ3v) is 12.8. The van der Waals surface area contributed by atoms with E-state index in [0.29, 0.717) is 4.90 Å². The van der Waals surface area contributed by atoms with E-state index in [4.69, 9.17) is 4.74 Å². The van der Waals surface area contributed by atoms with Crippen molar-refractivity contribution >= 4 is 15.5 Å². The number of ether oxygens (including phenoxy) is 1. The number of nitrogens with zero attached hydrogens (tertiary/aromatic N) is 3. The Hall–Kier alpha value is -2.09. The molecule has 0 aliphatic carbocycles. The molecule has 3 saturated heterocycles. The highest BCUT2D eigenvalue weighted by molar-refractivity contribution is 7.91. The van der Waals surface area contributed by atoms with Gasteiger partial charge in [-0.25, -0.2) is 8.42 Å². The molecule has 43 heavy (non-hydrogen) atoms. The number of rotatable bonds is 14. The molecule has 0 amide bonds. The van der Waals surface area contributed by atoms with Crippen molar-refractivity contribution in [3.8, 4) is 5.75 Å². The Morgan fingerprint density at radius 1 is 0.907 bits per heavy atom. The molecule has 4 heterocycles. The number of piperazine rings is 3. The summed E-state index contributed by atoms with van der Waals surface area (Å²) in [5.41, 5.74) is 2.99. The Balaban J connectivity index is 1.34. The molecule has 238 valence electrons. The lowest BCUT2D eigenvalue weighted by Gasteiger charge is -2.50. The Labute approximate surface area is 261 Å². The van der Waals surface area contributed by atoms with E-state index in [1.807, 2.05) is 26.2 Å². The molecule has 2 bridgehead atoms. The minimum absolute atomic E-state index is 0.0360. The predicted molar refractivity (Wildman–Crippen MR) is 178 cm³/mol. The maximum Gasteiger partial charge on any atom is 0.179 e. The zero-order chi connectivity index (χ0) is 30.5. The lowest BCUT2D eigenvalue weighted by molar-refractivity contribution is -0.941. The second-order valence-electron chi connectivity index (χ2n) is 14.0. The zero-order valence-corrected chi connectivity index (χ0v) is 28.1. The molecule has 1 atom stereocenters. The Kier molecular flexibility index (Phi) is 10.5. The fraction of sp³-hybridized carbons (Fsp3) is 0.667. The van der Waals surface area contributed by atoms with Crippen LogP contribution in [0.2, 0.25) is 0 Å². The monoisotopic (exact) mass is 610 g/mol. The maximum atomic E-state index is 14.0.